The Labute approximate surface area is 106 Å². The third-order valence-electron chi connectivity index (χ3n) is 3.46. The fraction of sp³-hybridized carbons (Fsp3) is 0.400. The topological polar surface area (TPSA) is 31.2 Å². The fourth-order valence-corrected chi connectivity index (χ4v) is 2.57. The van der Waals surface area contributed by atoms with Crippen LogP contribution in [-0.2, 0) is 6.54 Å². The van der Waals surface area contributed by atoms with Gasteiger partial charge in [-0.2, -0.15) is 0 Å². The van der Waals surface area contributed by atoms with Crippen molar-refractivity contribution in [2.24, 2.45) is 5.92 Å². The predicted octanol–water partition coefficient (Wildman–Crippen LogP) is 3.26. The molecule has 1 aromatic carbocycles. The third kappa shape index (κ3) is 1.54. The highest BCUT2D eigenvalue weighted by Crippen LogP contribution is 2.35. The second-order valence-electron chi connectivity index (χ2n) is 5.07. The van der Waals surface area contributed by atoms with Crippen LogP contribution in [0.4, 0.5) is 0 Å². The molecule has 3 rings (SSSR count). The monoisotopic (exact) mass is 243 g/mol. The summed E-state index contributed by atoms with van der Waals surface area (Å²) in [6, 6.07) is 8.06. The van der Waals surface area contributed by atoms with E-state index in [1.54, 1.807) is 0 Å². The average Bonchev–Trinajstić information content (AvgIpc) is 2.72. The van der Waals surface area contributed by atoms with Crippen LogP contribution in [0.3, 0.4) is 0 Å². The van der Waals surface area contributed by atoms with Crippen molar-refractivity contribution in [2.75, 3.05) is 6.61 Å². The molecule has 0 saturated heterocycles. The lowest BCUT2D eigenvalue weighted by Gasteiger charge is -2.18. The molecule has 1 aliphatic rings. The van der Waals surface area contributed by atoms with Crippen LogP contribution in [0.5, 0.6) is 5.88 Å². The number of para-hydroxylation sites is 1. The van der Waals surface area contributed by atoms with Crippen molar-refractivity contribution in [3.8, 4) is 5.88 Å². The van der Waals surface area contributed by atoms with Crippen LogP contribution in [0.15, 0.2) is 24.3 Å². The van der Waals surface area contributed by atoms with E-state index in [0.29, 0.717) is 6.61 Å². The lowest BCUT2D eigenvalue weighted by molar-refractivity contribution is 0.0934. The van der Waals surface area contributed by atoms with Gasteiger partial charge in [-0.15, -0.1) is 0 Å². The highest BCUT2D eigenvalue weighted by atomic mass is 16.5. The molecule has 94 valence electrons. The van der Waals surface area contributed by atoms with Gasteiger partial charge in [0.25, 0.3) is 0 Å². The molecule has 0 unspecified atom stereocenters. The lowest BCUT2D eigenvalue weighted by Crippen LogP contribution is -2.16. The minimum absolute atomic E-state index is 0.00830. The van der Waals surface area contributed by atoms with E-state index in [4.69, 9.17) is 4.74 Å². The summed E-state index contributed by atoms with van der Waals surface area (Å²) in [7, 11) is 0. The number of benzene rings is 1. The molecule has 0 radical (unpaired) electrons. The molecule has 1 aromatic heterocycles. The number of hydrogen-bond acceptors (Lipinski definition) is 2. The largest absolute Gasteiger partial charge is 0.478 e. The van der Waals surface area contributed by atoms with Crippen molar-refractivity contribution in [3.63, 3.8) is 0 Å². The van der Waals surface area contributed by atoms with E-state index in [-0.39, 0.29) is 11.7 Å². The summed E-state index contributed by atoms with van der Waals surface area (Å²) in [5.74, 6) is 0.925. The molecule has 3 nitrogen and oxygen atoms in total. The first kappa shape index (κ1) is 11.3. The number of ether oxygens (including phenoxy) is 1. The van der Waals surface area contributed by atoms with Crippen molar-refractivity contribution >= 4 is 16.7 Å². The van der Waals surface area contributed by atoms with Crippen molar-refractivity contribution in [3.05, 3.63) is 29.8 Å². The van der Waals surface area contributed by atoms with Crippen LogP contribution in [-0.4, -0.2) is 17.0 Å². The van der Waals surface area contributed by atoms with Crippen LogP contribution in [0.2, 0.25) is 0 Å². The Morgan fingerprint density at radius 3 is 2.89 bits per heavy atom. The zero-order chi connectivity index (χ0) is 12.7. The van der Waals surface area contributed by atoms with Gasteiger partial charge in [-0.05, 0) is 12.5 Å². The second-order valence-corrected chi connectivity index (χ2v) is 5.07. The second kappa shape index (κ2) is 4.16. The van der Waals surface area contributed by atoms with Gasteiger partial charge in [-0.25, -0.2) is 0 Å². The van der Waals surface area contributed by atoms with Gasteiger partial charge < -0.3 is 9.30 Å². The zero-order valence-corrected chi connectivity index (χ0v) is 10.8. The molecule has 2 heterocycles. The van der Waals surface area contributed by atoms with Gasteiger partial charge in [0.15, 0.2) is 5.78 Å². The van der Waals surface area contributed by atoms with Gasteiger partial charge in [0.1, 0.15) is 0 Å². The number of carbonyl (C=O) groups excluding carboxylic acids is 1. The van der Waals surface area contributed by atoms with Gasteiger partial charge in [0, 0.05) is 17.8 Å². The van der Waals surface area contributed by atoms with Crippen molar-refractivity contribution in [1.82, 2.24) is 4.57 Å². The molecule has 0 atom stereocenters. The van der Waals surface area contributed by atoms with Gasteiger partial charge in [-0.1, -0.05) is 32.0 Å². The number of rotatable bonds is 2. The number of aryl methyl sites for hydroxylation is 1. The highest BCUT2D eigenvalue weighted by Gasteiger charge is 2.26. The number of fused-ring (bicyclic) bond motifs is 3. The average molecular weight is 243 g/mol. The minimum Gasteiger partial charge on any atom is -0.478 e. The Morgan fingerprint density at radius 1 is 1.33 bits per heavy atom. The predicted molar refractivity (Wildman–Crippen MR) is 71.2 cm³/mol. The molecule has 2 aromatic rings. The molecule has 0 bridgehead atoms. The van der Waals surface area contributed by atoms with E-state index in [9.17, 15) is 4.79 Å². The Kier molecular flexibility index (Phi) is 2.62. The number of Topliss-reactive ketones (excluding diaryl/α,β-unsaturated/α-hetero) is 1. The molecular weight excluding hydrogens is 226 g/mol. The molecule has 3 heteroatoms. The molecule has 0 spiro atoms. The zero-order valence-electron chi connectivity index (χ0n) is 10.8. The first-order valence-corrected chi connectivity index (χ1v) is 6.48. The maximum absolute atomic E-state index is 12.4. The van der Waals surface area contributed by atoms with Crippen LogP contribution < -0.4 is 4.74 Å². The van der Waals surface area contributed by atoms with E-state index < -0.39 is 0 Å². The maximum atomic E-state index is 12.4. The van der Waals surface area contributed by atoms with E-state index in [1.165, 1.54) is 0 Å². The van der Waals surface area contributed by atoms with Gasteiger partial charge >= 0.3 is 0 Å². The Hall–Kier alpha value is -1.77. The molecular formula is C15H17NO2. The summed E-state index contributed by atoms with van der Waals surface area (Å²) in [6.45, 7) is 5.50. The molecule has 0 N–H and O–H groups in total. The molecule has 0 amide bonds. The number of aromatic nitrogens is 1. The lowest BCUT2D eigenvalue weighted by atomic mass is 10.0. The SMILES string of the molecule is CC(C)C(=O)c1c2n(c3ccccc13)CCCO2. The van der Waals surface area contributed by atoms with Crippen molar-refractivity contribution in [1.29, 1.82) is 0 Å². The molecule has 0 saturated carbocycles. The molecule has 18 heavy (non-hydrogen) atoms. The number of hydrogen-bond donors (Lipinski definition) is 0. The highest BCUT2D eigenvalue weighted by molar-refractivity contribution is 6.11. The summed E-state index contributed by atoms with van der Waals surface area (Å²) in [4.78, 5) is 12.4. The number of ketones is 1. The number of nitrogens with zero attached hydrogens (tertiary/aromatic N) is 1. The summed E-state index contributed by atoms with van der Waals surface area (Å²) in [5.41, 5.74) is 1.87. The first-order chi connectivity index (χ1) is 8.70. The van der Waals surface area contributed by atoms with E-state index in [0.717, 1.165) is 35.3 Å². The summed E-state index contributed by atoms with van der Waals surface area (Å²) >= 11 is 0. The van der Waals surface area contributed by atoms with Crippen molar-refractivity contribution < 1.29 is 9.53 Å². The van der Waals surface area contributed by atoms with Gasteiger partial charge in [-0.3, -0.25) is 4.79 Å². The molecule has 0 aliphatic carbocycles. The Balaban J connectivity index is 2.32. The van der Waals surface area contributed by atoms with Crippen LogP contribution >= 0.6 is 0 Å². The molecule has 1 aliphatic heterocycles. The Bertz CT molecular complexity index is 610. The van der Waals surface area contributed by atoms with Gasteiger partial charge in [0.05, 0.1) is 17.7 Å². The fourth-order valence-electron chi connectivity index (χ4n) is 2.57. The summed E-state index contributed by atoms with van der Waals surface area (Å²) < 4.78 is 7.89. The maximum Gasteiger partial charge on any atom is 0.205 e. The molecule has 0 fully saturated rings. The number of carbonyl (C=O) groups is 1. The minimum atomic E-state index is -0.00830. The normalized spacial score (nSPS) is 14.6. The van der Waals surface area contributed by atoms with E-state index in [2.05, 4.69) is 10.6 Å². The third-order valence-corrected chi connectivity index (χ3v) is 3.46. The smallest absolute Gasteiger partial charge is 0.205 e. The quantitative estimate of drug-likeness (QED) is 0.758. The Morgan fingerprint density at radius 2 is 2.11 bits per heavy atom. The first-order valence-electron chi connectivity index (χ1n) is 6.48. The van der Waals surface area contributed by atoms with Crippen LogP contribution in [0.1, 0.15) is 30.6 Å². The van der Waals surface area contributed by atoms with E-state index in [1.807, 2.05) is 32.0 Å². The summed E-state index contributed by atoms with van der Waals surface area (Å²) in [5, 5.41) is 1.02. The van der Waals surface area contributed by atoms with Crippen LogP contribution in [0.25, 0.3) is 10.9 Å². The van der Waals surface area contributed by atoms with Gasteiger partial charge in [0.2, 0.25) is 5.88 Å². The van der Waals surface area contributed by atoms with Crippen molar-refractivity contribution in [2.45, 2.75) is 26.8 Å². The van der Waals surface area contributed by atoms with E-state index >= 15 is 0 Å². The standard InChI is InChI=1S/C15H17NO2/c1-10(2)14(17)13-11-6-3-4-7-12(11)16-8-5-9-18-15(13)16/h3-4,6-7,10H,5,8-9H2,1-2H3. The van der Waals surface area contributed by atoms with Crippen LogP contribution in [0, 0.1) is 5.92 Å². The summed E-state index contributed by atoms with van der Waals surface area (Å²) in [6.07, 6.45) is 1.00.